The van der Waals surface area contributed by atoms with E-state index in [1.165, 1.54) is 12.8 Å². The van der Waals surface area contributed by atoms with Crippen LogP contribution < -0.4 is 4.74 Å². The third-order valence-electron chi connectivity index (χ3n) is 3.28. The van der Waals surface area contributed by atoms with Crippen molar-refractivity contribution in [2.75, 3.05) is 0 Å². The third-order valence-corrected chi connectivity index (χ3v) is 3.63. The number of ether oxygens (including phenoxy) is 1. The first kappa shape index (κ1) is 10.2. The number of benzene rings is 1. The van der Waals surface area contributed by atoms with Crippen LogP contribution in [0, 0.1) is 5.92 Å². The van der Waals surface area contributed by atoms with Gasteiger partial charge in [0.25, 0.3) is 0 Å². The largest absolute Gasteiger partial charge is 0.482 e. The summed E-state index contributed by atoms with van der Waals surface area (Å²) in [5, 5.41) is 0.708. The van der Waals surface area contributed by atoms with E-state index in [9.17, 15) is 4.79 Å². The molecule has 84 valence electrons. The summed E-state index contributed by atoms with van der Waals surface area (Å²) in [4.78, 5) is 11.9. The van der Waals surface area contributed by atoms with Crippen LogP contribution >= 0.6 is 11.6 Å². The lowest BCUT2D eigenvalue weighted by atomic mass is 10.0. The summed E-state index contributed by atoms with van der Waals surface area (Å²) >= 11 is 6.07. The highest BCUT2D eigenvalue weighted by molar-refractivity contribution is 6.31. The van der Waals surface area contributed by atoms with Gasteiger partial charge in [0.05, 0.1) is 0 Å². The van der Waals surface area contributed by atoms with Gasteiger partial charge in [0.15, 0.2) is 11.9 Å². The smallest absolute Gasteiger partial charge is 0.173 e. The number of carbonyl (C=O) groups excluding carboxylic acids is 1. The Balaban J connectivity index is 1.74. The molecule has 0 radical (unpaired) electrons. The first-order valence-corrected chi connectivity index (χ1v) is 6.08. The van der Waals surface area contributed by atoms with Crippen LogP contribution in [0.4, 0.5) is 0 Å². The van der Waals surface area contributed by atoms with E-state index in [0.29, 0.717) is 23.8 Å². The van der Waals surface area contributed by atoms with Crippen molar-refractivity contribution in [3.05, 3.63) is 28.8 Å². The van der Waals surface area contributed by atoms with E-state index in [4.69, 9.17) is 16.3 Å². The molecule has 16 heavy (non-hydrogen) atoms. The minimum atomic E-state index is -0.296. The van der Waals surface area contributed by atoms with Gasteiger partial charge in [0.1, 0.15) is 5.75 Å². The number of rotatable bonds is 3. The van der Waals surface area contributed by atoms with Gasteiger partial charge in [-0.1, -0.05) is 17.7 Å². The molecule has 1 fully saturated rings. The van der Waals surface area contributed by atoms with Crippen LogP contribution in [0.1, 0.15) is 24.8 Å². The molecular formula is C13H13ClO2. The zero-order chi connectivity index (χ0) is 11.1. The number of ketones is 1. The number of Topliss-reactive ketones (excluding diaryl/α,β-unsaturated/α-hetero) is 1. The number of halogens is 1. The third kappa shape index (κ3) is 1.82. The molecule has 1 atom stereocenters. The summed E-state index contributed by atoms with van der Waals surface area (Å²) < 4.78 is 5.64. The molecule has 1 aliphatic heterocycles. The molecule has 2 aliphatic rings. The molecule has 0 N–H and O–H groups in total. The highest BCUT2D eigenvalue weighted by Gasteiger charge is 2.34. The van der Waals surface area contributed by atoms with E-state index in [2.05, 4.69) is 0 Å². The van der Waals surface area contributed by atoms with Crippen molar-refractivity contribution >= 4 is 17.4 Å². The van der Waals surface area contributed by atoms with Crippen molar-refractivity contribution in [3.63, 3.8) is 0 Å². The highest BCUT2D eigenvalue weighted by atomic mass is 35.5. The second-order valence-corrected chi connectivity index (χ2v) is 5.05. The Hall–Kier alpha value is -1.02. The Morgan fingerprint density at radius 3 is 2.94 bits per heavy atom. The van der Waals surface area contributed by atoms with Gasteiger partial charge in [-0.25, -0.2) is 0 Å². The summed E-state index contributed by atoms with van der Waals surface area (Å²) in [5.41, 5.74) is 0.985. The van der Waals surface area contributed by atoms with E-state index in [-0.39, 0.29) is 11.9 Å². The summed E-state index contributed by atoms with van der Waals surface area (Å²) in [5.74, 6) is 1.63. The van der Waals surface area contributed by atoms with Crippen LogP contribution in [0.2, 0.25) is 5.02 Å². The molecule has 1 aliphatic carbocycles. The van der Waals surface area contributed by atoms with Crippen LogP contribution in [-0.4, -0.2) is 11.9 Å². The first-order chi connectivity index (χ1) is 7.74. The fourth-order valence-corrected chi connectivity index (χ4v) is 2.39. The lowest BCUT2D eigenvalue weighted by Crippen LogP contribution is -2.25. The van der Waals surface area contributed by atoms with Gasteiger partial charge in [-0.2, -0.15) is 0 Å². The summed E-state index contributed by atoms with van der Waals surface area (Å²) in [6, 6.07) is 5.58. The molecule has 1 aromatic rings. The standard InChI is InChI=1S/C13H13ClO2/c14-10-2-1-3-12-9(10)7-13(16-12)11(15)6-8-4-5-8/h1-3,8,13H,4-7H2. The molecule has 0 aromatic heterocycles. The van der Waals surface area contributed by atoms with Crippen molar-refractivity contribution in [2.24, 2.45) is 5.92 Å². The molecular weight excluding hydrogens is 224 g/mol. The van der Waals surface area contributed by atoms with E-state index in [1.807, 2.05) is 18.2 Å². The number of fused-ring (bicyclic) bond motifs is 1. The Bertz CT molecular complexity index is 438. The zero-order valence-corrected chi connectivity index (χ0v) is 9.67. The lowest BCUT2D eigenvalue weighted by Gasteiger charge is -2.08. The van der Waals surface area contributed by atoms with Crippen LogP contribution in [0.5, 0.6) is 5.75 Å². The van der Waals surface area contributed by atoms with Gasteiger partial charge >= 0.3 is 0 Å². The van der Waals surface area contributed by atoms with Crippen molar-refractivity contribution in [1.29, 1.82) is 0 Å². The second-order valence-electron chi connectivity index (χ2n) is 4.64. The number of hydrogen-bond donors (Lipinski definition) is 0. The fourth-order valence-electron chi connectivity index (χ4n) is 2.15. The minimum Gasteiger partial charge on any atom is -0.482 e. The van der Waals surface area contributed by atoms with Crippen LogP contribution in [-0.2, 0) is 11.2 Å². The molecule has 0 bridgehead atoms. The molecule has 0 spiro atoms. The predicted molar refractivity (Wildman–Crippen MR) is 61.9 cm³/mol. The fraction of sp³-hybridized carbons (Fsp3) is 0.462. The Kier molecular flexibility index (Phi) is 2.40. The van der Waals surface area contributed by atoms with Gasteiger partial charge in [-0.3, -0.25) is 4.79 Å². The number of hydrogen-bond acceptors (Lipinski definition) is 2. The van der Waals surface area contributed by atoms with Crippen molar-refractivity contribution in [2.45, 2.75) is 31.8 Å². The van der Waals surface area contributed by atoms with E-state index in [0.717, 1.165) is 11.3 Å². The van der Waals surface area contributed by atoms with Crippen molar-refractivity contribution in [3.8, 4) is 5.75 Å². The lowest BCUT2D eigenvalue weighted by molar-refractivity contribution is -0.125. The molecule has 1 unspecified atom stereocenters. The van der Waals surface area contributed by atoms with Gasteiger partial charge in [0, 0.05) is 23.4 Å². The molecule has 1 heterocycles. The van der Waals surface area contributed by atoms with Crippen LogP contribution in [0.15, 0.2) is 18.2 Å². The Morgan fingerprint density at radius 2 is 2.25 bits per heavy atom. The van der Waals surface area contributed by atoms with Crippen molar-refractivity contribution < 1.29 is 9.53 Å². The van der Waals surface area contributed by atoms with E-state index >= 15 is 0 Å². The van der Waals surface area contributed by atoms with Gasteiger partial charge in [0.2, 0.25) is 0 Å². The second kappa shape index (κ2) is 3.77. The van der Waals surface area contributed by atoms with Gasteiger partial charge in [-0.15, -0.1) is 0 Å². The maximum atomic E-state index is 11.9. The van der Waals surface area contributed by atoms with Gasteiger partial charge in [-0.05, 0) is 30.9 Å². The van der Waals surface area contributed by atoms with E-state index < -0.39 is 0 Å². The molecule has 3 rings (SSSR count). The predicted octanol–water partition coefficient (Wildman–Crippen LogP) is 3.01. The first-order valence-electron chi connectivity index (χ1n) is 5.71. The maximum absolute atomic E-state index is 11.9. The Morgan fingerprint density at radius 1 is 1.44 bits per heavy atom. The van der Waals surface area contributed by atoms with Gasteiger partial charge < -0.3 is 4.74 Å². The average molecular weight is 237 g/mol. The normalized spacial score (nSPS) is 22.7. The molecule has 1 saturated carbocycles. The molecule has 1 aromatic carbocycles. The highest BCUT2D eigenvalue weighted by Crippen LogP contribution is 2.37. The average Bonchev–Trinajstić information content (AvgIpc) is 2.95. The summed E-state index contributed by atoms with van der Waals surface area (Å²) in [6.07, 6.45) is 3.42. The minimum absolute atomic E-state index is 0.231. The molecule has 0 amide bonds. The topological polar surface area (TPSA) is 26.3 Å². The SMILES string of the molecule is O=C(CC1CC1)C1Cc2c(Cl)cccc2O1. The van der Waals surface area contributed by atoms with Crippen LogP contribution in [0.3, 0.4) is 0 Å². The monoisotopic (exact) mass is 236 g/mol. The molecule has 2 nitrogen and oxygen atoms in total. The van der Waals surface area contributed by atoms with E-state index in [1.54, 1.807) is 0 Å². The zero-order valence-electron chi connectivity index (χ0n) is 8.91. The quantitative estimate of drug-likeness (QED) is 0.807. The molecule has 3 heteroatoms. The molecule has 0 saturated heterocycles. The Labute approximate surface area is 99.6 Å². The maximum Gasteiger partial charge on any atom is 0.173 e. The number of carbonyl (C=O) groups is 1. The van der Waals surface area contributed by atoms with Crippen LogP contribution in [0.25, 0.3) is 0 Å². The summed E-state index contributed by atoms with van der Waals surface area (Å²) in [6.45, 7) is 0. The van der Waals surface area contributed by atoms with Crippen molar-refractivity contribution in [1.82, 2.24) is 0 Å². The summed E-state index contributed by atoms with van der Waals surface area (Å²) in [7, 11) is 0.